The number of aliphatic hydroxyl groups is 1. The van der Waals surface area contributed by atoms with E-state index in [4.69, 9.17) is 37.0 Å². The van der Waals surface area contributed by atoms with Gasteiger partial charge in [0, 0.05) is 25.7 Å². The molecule has 0 aromatic rings. The van der Waals surface area contributed by atoms with E-state index >= 15 is 0 Å². The van der Waals surface area contributed by atoms with E-state index in [1.807, 2.05) is 0 Å². The van der Waals surface area contributed by atoms with Crippen LogP contribution in [0.25, 0.3) is 0 Å². The summed E-state index contributed by atoms with van der Waals surface area (Å²) in [6.07, 6.45) is 66.2. The number of rotatable bonds is 79. The van der Waals surface area contributed by atoms with Crippen LogP contribution in [0, 0.1) is 11.8 Å². The van der Waals surface area contributed by atoms with Gasteiger partial charge in [0.2, 0.25) is 0 Å². The quantitative estimate of drug-likeness (QED) is 0.0169. The Kier molecular flexibility index (Phi) is 71.3. The SMILES string of the molecule is CCCCCC/C=C\C=C/CCCCCCCC(=O)O[C@H](COC(=O)CCCCCCCCC)COP(=O)(O)OC[C@H](O)COP(=O)(O)OC[C@@H](COC(=O)CCCCCCCCCCCCCCCCC(C)C)OC(=O)CCCCCCCCCCCCCCCCCCCCC(C)CC. The lowest BCUT2D eigenvalue weighted by molar-refractivity contribution is -0.161. The van der Waals surface area contributed by atoms with E-state index in [1.165, 1.54) is 199 Å². The normalized spacial score (nSPS) is 14.3. The first-order valence-electron chi connectivity index (χ1n) is 41.8. The Bertz CT molecular complexity index is 2040. The van der Waals surface area contributed by atoms with Gasteiger partial charge in [-0.2, -0.15) is 0 Å². The van der Waals surface area contributed by atoms with Crippen LogP contribution in [0.2, 0.25) is 0 Å². The van der Waals surface area contributed by atoms with Crippen molar-refractivity contribution in [2.45, 2.75) is 426 Å². The molecule has 0 bridgehead atoms. The average Bonchev–Trinajstić information content (AvgIpc) is 1.37. The number of phosphoric acid groups is 2. The van der Waals surface area contributed by atoms with Crippen molar-refractivity contribution >= 4 is 39.5 Å². The van der Waals surface area contributed by atoms with Gasteiger partial charge >= 0.3 is 39.5 Å². The molecule has 0 saturated heterocycles. The third-order valence-electron chi connectivity index (χ3n) is 18.9. The topological polar surface area (TPSA) is 237 Å². The lowest BCUT2D eigenvalue weighted by Gasteiger charge is -2.21. The van der Waals surface area contributed by atoms with E-state index in [2.05, 4.69) is 65.8 Å². The number of carbonyl (C=O) groups excluding carboxylic acids is 4. The van der Waals surface area contributed by atoms with Crippen molar-refractivity contribution in [3.05, 3.63) is 24.3 Å². The molecule has 0 aliphatic heterocycles. The highest BCUT2D eigenvalue weighted by molar-refractivity contribution is 7.47. The van der Waals surface area contributed by atoms with Crippen LogP contribution in [0.4, 0.5) is 0 Å². The Hall–Kier alpha value is -2.46. The minimum absolute atomic E-state index is 0.0848. The van der Waals surface area contributed by atoms with E-state index in [9.17, 15) is 43.2 Å². The lowest BCUT2D eigenvalue weighted by atomic mass is 9.99. The van der Waals surface area contributed by atoms with E-state index in [0.717, 1.165) is 127 Å². The highest BCUT2D eigenvalue weighted by Gasteiger charge is 2.30. The Morgan fingerprint density at radius 3 is 0.891 bits per heavy atom. The summed E-state index contributed by atoms with van der Waals surface area (Å²) < 4.78 is 68.6. The second kappa shape index (κ2) is 73.1. The predicted octanol–water partition coefficient (Wildman–Crippen LogP) is 24.2. The van der Waals surface area contributed by atoms with Crippen molar-refractivity contribution in [2.75, 3.05) is 39.6 Å². The van der Waals surface area contributed by atoms with E-state index in [-0.39, 0.29) is 25.7 Å². The smallest absolute Gasteiger partial charge is 0.462 e. The molecule has 0 aliphatic carbocycles. The molecule has 19 heteroatoms. The molecule has 0 fully saturated rings. The number of hydrogen-bond acceptors (Lipinski definition) is 15. The maximum Gasteiger partial charge on any atom is 0.472 e. The van der Waals surface area contributed by atoms with Crippen molar-refractivity contribution in [3.8, 4) is 0 Å². The first kappa shape index (κ1) is 98.5. The summed E-state index contributed by atoms with van der Waals surface area (Å²) in [6, 6.07) is 0. The molecule has 0 aliphatic rings. The molecule has 0 amide bonds. The van der Waals surface area contributed by atoms with Gasteiger partial charge in [-0.3, -0.25) is 37.3 Å². The van der Waals surface area contributed by atoms with E-state index in [0.29, 0.717) is 25.7 Å². The molecule has 0 aromatic heterocycles. The standard InChI is InChI=1S/C82H156O17P2/c1-7-10-12-14-16-17-18-19-24-32-37-42-48-54-60-66-81(86)98-77(70-92-79(84)64-58-52-44-15-13-11-8-2)72-96-100(88,89)94-68-76(83)69-95-101(90,91)97-73-78(71-93-80(85)65-59-53-47-41-36-31-28-27-29-34-39-45-50-56-62-74(4)5)99-82(87)67-61-55-49-43-38-33-26-23-21-20-22-25-30-35-40-46-51-57-63-75(6)9-3/h17-19,24,74-78,83H,7-16,20-23,25-73H2,1-6H3,(H,88,89)(H,90,91)/b18-17-,24-19-/t75?,76-,77+,78+/m0/s1. The number of phosphoric ester groups is 2. The monoisotopic (exact) mass is 1480 g/mol. The summed E-state index contributed by atoms with van der Waals surface area (Å²) in [4.78, 5) is 72.9. The summed E-state index contributed by atoms with van der Waals surface area (Å²) in [5, 5.41) is 10.6. The zero-order valence-corrected chi connectivity index (χ0v) is 67.5. The molecule has 3 unspecified atom stereocenters. The molecule has 0 aromatic carbocycles. The molecule has 0 rings (SSSR count). The molecule has 0 heterocycles. The Morgan fingerprint density at radius 1 is 0.327 bits per heavy atom. The van der Waals surface area contributed by atoms with Crippen LogP contribution < -0.4 is 0 Å². The Morgan fingerprint density at radius 2 is 0.584 bits per heavy atom. The third-order valence-corrected chi connectivity index (χ3v) is 20.8. The van der Waals surface area contributed by atoms with Gasteiger partial charge in [0.05, 0.1) is 26.4 Å². The highest BCUT2D eigenvalue weighted by Crippen LogP contribution is 2.45. The van der Waals surface area contributed by atoms with Crippen LogP contribution in [0.3, 0.4) is 0 Å². The zero-order chi connectivity index (χ0) is 74.2. The summed E-state index contributed by atoms with van der Waals surface area (Å²) in [6.45, 7) is 9.62. The largest absolute Gasteiger partial charge is 0.472 e. The van der Waals surface area contributed by atoms with E-state index in [1.54, 1.807) is 0 Å². The van der Waals surface area contributed by atoms with Gasteiger partial charge in [0.1, 0.15) is 19.3 Å². The molecule has 0 saturated carbocycles. The number of hydrogen-bond donors (Lipinski definition) is 3. The molecule has 101 heavy (non-hydrogen) atoms. The van der Waals surface area contributed by atoms with Gasteiger partial charge in [0.15, 0.2) is 12.2 Å². The van der Waals surface area contributed by atoms with Crippen molar-refractivity contribution in [3.63, 3.8) is 0 Å². The number of allylic oxidation sites excluding steroid dienone is 4. The fourth-order valence-corrected chi connectivity index (χ4v) is 13.7. The minimum Gasteiger partial charge on any atom is -0.462 e. The third kappa shape index (κ3) is 74.2. The van der Waals surface area contributed by atoms with Crippen molar-refractivity contribution in [1.82, 2.24) is 0 Å². The summed E-state index contributed by atoms with van der Waals surface area (Å²) in [7, 11) is -9.93. The van der Waals surface area contributed by atoms with Crippen molar-refractivity contribution in [2.24, 2.45) is 11.8 Å². The van der Waals surface area contributed by atoms with Crippen LogP contribution in [-0.4, -0.2) is 96.7 Å². The van der Waals surface area contributed by atoms with Crippen LogP contribution in [-0.2, 0) is 65.4 Å². The van der Waals surface area contributed by atoms with E-state index < -0.39 is 97.5 Å². The number of aliphatic hydroxyl groups excluding tert-OH is 1. The fourth-order valence-electron chi connectivity index (χ4n) is 12.1. The number of esters is 4. The van der Waals surface area contributed by atoms with Gasteiger partial charge in [-0.15, -0.1) is 0 Å². The molecule has 17 nitrogen and oxygen atoms in total. The maximum absolute atomic E-state index is 13.1. The van der Waals surface area contributed by atoms with Crippen LogP contribution >= 0.6 is 15.6 Å². The molecule has 3 N–H and O–H groups in total. The van der Waals surface area contributed by atoms with Crippen LogP contribution in [0.5, 0.6) is 0 Å². The first-order valence-corrected chi connectivity index (χ1v) is 44.8. The van der Waals surface area contributed by atoms with Crippen molar-refractivity contribution in [1.29, 1.82) is 0 Å². The summed E-state index contributed by atoms with van der Waals surface area (Å²) >= 11 is 0. The van der Waals surface area contributed by atoms with Gasteiger partial charge < -0.3 is 33.8 Å². The lowest BCUT2D eigenvalue weighted by Crippen LogP contribution is -2.30. The fraction of sp³-hybridized carbons (Fsp3) is 0.902. The molecular weight excluding hydrogens is 1320 g/mol. The Labute approximate surface area is 618 Å². The predicted molar refractivity (Wildman–Crippen MR) is 414 cm³/mol. The van der Waals surface area contributed by atoms with Gasteiger partial charge in [-0.1, -0.05) is 355 Å². The maximum atomic E-state index is 13.1. The zero-order valence-electron chi connectivity index (χ0n) is 65.7. The number of unbranched alkanes of at least 4 members (excludes halogenated alkanes) is 45. The van der Waals surface area contributed by atoms with Gasteiger partial charge in [-0.05, 0) is 63.2 Å². The second-order valence-electron chi connectivity index (χ2n) is 29.5. The Balaban J connectivity index is 5.20. The van der Waals surface area contributed by atoms with Gasteiger partial charge in [-0.25, -0.2) is 9.13 Å². The molecular formula is C82H156O17P2. The number of ether oxygens (including phenoxy) is 4. The molecule has 0 spiro atoms. The first-order chi connectivity index (χ1) is 48.9. The minimum atomic E-state index is -4.97. The number of carbonyl (C=O) groups is 4. The average molecular weight is 1480 g/mol. The van der Waals surface area contributed by atoms with Crippen LogP contribution in [0.1, 0.15) is 408 Å². The molecule has 0 radical (unpaired) electrons. The van der Waals surface area contributed by atoms with Crippen LogP contribution in [0.15, 0.2) is 24.3 Å². The highest BCUT2D eigenvalue weighted by atomic mass is 31.2. The summed E-state index contributed by atoms with van der Waals surface area (Å²) in [5.41, 5.74) is 0. The summed E-state index contributed by atoms with van der Waals surface area (Å²) in [5.74, 6) is -0.476. The second-order valence-corrected chi connectivity index (χ2v) is 32.5. The van der Waals surface area contributed by atoms with Crippen molar-refractivity contribution < 1.29 is 80.2 Å². The van der Waals surface area contributed by atoms with Gasteiger partial charge in [0.25, 0.3) is 0 Å². The molecule has 596 valence electrons. The molecule has 6 atom stereocenters.